The first kappa shape index (κ1) is 21.6. The molecule has 0 radical (unpaired) electrons. The van der Waals surface area contributed by atoms with E-state index in [4.69, 9.17) is 9.47 Å². The van der Waals surface area contributed by atoms with Crippen LogP contribution < -0.4 is 14.8 Å². The molecular formula is C23H19F2N3O3S. The number of methoxy groups -OCH3 is 1. The van der Waals surface area contributed by atoms with Gasteiger partial charge < -0.3 is 19.2 Å². The van der Waals surface area contributed by atoms with Crippen molar-refractivity contribution >= 4 is 29.0 Å². The lowest BCUT2D eigenvalue weighted by Crippen LogP contribution is -2.12. The van der Waals surface area contributed by atoms with Gasteiger partial charge in [0.25, 0.3) is 11.7 Å². The average Bonchev–Trinajstić information content (AvgIpc) is 3.21. The molecule has 0 fully saturated rings. The van der Waals surface area contributed by atoms with Crippen molar-refractivity contribution in [3.8, 4) is 11.5 Å². The third kappa shape index (κ3) is 5.17. The fraction of sp³-hybridized carbons (Fsp3) is 0.130. The molecule has 0 saturated heterocycles. The number of thioether (sulfide) groups is 1. The zero-order chi connectivity index (χ0) is 22.5. The maximum atomic E-state index is 12.5. The van der Waals surface area contributed by atoms with Crippen molar-refractivity contribution in [2.75, 3.05) is 12.4 Å². The predicted octanol–water partition coefficient (Wildman–Crippen LogP) is 5.49. The van der Waals surface area contributed by atoms with Crippen molar-refractivity contribution in [3.63, 3.8) is 0 Å². The first-order chi connectivity index (χ1) is 15.5. The summed E-state index contributed by atoms with van der Waals surface area (Å²) in [5, 5.41) is 2.78. The number of halogens is 2. The van der Waals surface area contributed by atoms with Gasteiger partial charge in [-0.1, -0.05) is 17.8 Å². The van der Waals surface area contributed by atoms with Crippen LogP contribution in [0.3, 0.4) is 0 Å². The number of nitrogens with zero attached hydrogens (tertiary/aromatic N) is 2. The highest BCUT2D eigenvalue weighted by molar-refractivity contribution is 7.99. The van der Waals surface area contributed by atoms with Crippen molar-refractivity contribution in [1.82, 2.24) is 9.38 Å². The molecule has 1 amide bonds. The number of benzene rings is 2. The van der Waals surface area contributed by atoms with Gasteiger partial charge in [-0.15, -0.1) is 0 Å². The van der Waals surface area contributed by atoms with Crippen LogP contribution in [0.25, 0.3) is 5.65 Å². The number of imidazole rings is 1. The number of rotatable bonds is 8. The number of carbonyl (C=O) groups is 1. The lowest BCUT2D eigenvalue weighted by Gasteiger charge is -2.12. The molecule has 6 nitrogen and oxygen atoms in total. The van der Waals surface area contributed by atoms with E-state index in [0.29, 0.717) is 39.4 Å². The summed E-state index contributed by atoms with van der Waals surface area (Å²) in [7, 11) is 1.53. The topological polar surface area (TPSA) is 64.9 Å². The van der Waals surface area contributed by atoms with E-state index in [-0.39, 0.29) is 12.5 Å². The largest absolute Gasteiger partial charge is 0.493 e. The summed E-state index contributed by atoms with van der Waals surface area (Å²) in [5.41, 5.74) is 2.42. The predicted molar refractivity (Wildman–Crippen MR) is 119 cm³/mol. The molecule has 0 aliphatic carbocycles. The highest BCUT2D eigenvalue weighted by atomic mass is 32.2. The number of fused-ring (bicyclic) bond motifs is 1. The number of carbonyl (C=O) groups excluding carboxylic acids is 1. The Morgan fingerprint density at radius 3 is 2.66 bits per heavy atom. The molecule has 32 heavy (non-hydrogen) atoms. The molecule has 2 heterocycles. The van der Waals surface area contributed by atoms with Gasteiger partial charge in [-0.05, 0) is 48.5 Å². The summed E-state index contributed by atoms with van der Waals surface area (Å²) < 4.78 is 38.1. The molecule has 2 aromatic carbocycles. The first-order valence-electron chi connectivity index (χ1n) is 9.61. The summed E-state index contributed by atoms with van der Waals surface area (Å²) in [6, 6.07) is 16.8. The van der Waals surface area contributed by atoms with Crippen molar-refractivity contribution in [2.24, 2.45) is 0 Å². The summed E-state index contributed by atoms with van der Waals surface area (Å²) in [4.78, 5) is 17.4. The molecular weight excluding hydrogens is 436 g/mol. The summed E-state index contributed by atoms with van der Waals surface area (Å²) >= 11 is 0.432. The minimum atomic E-state index is -2.51. The van der Waals surface area contributed by atoms with Gasteiger partial charge in [-0.2, -0.15) is 8.78 Å². The molecule has 0 aliphatic rings. The monoisotopic (exact) mass is 455 g/mol. The van der Waals surface area contributed by atoms with Crippen LogP contribution in [0.2, 0.25) is 0 Å². The molecule has 164 valence electrons. The van der Waals surface area contributed by atoms with Crippen LogP contribution in [-0.2, 0) is 6.61 Å². The standard InChI is InChI=1S/C23H19F2N3O3S/c1-30-19-10-7-16(27-22(29)15-5-8-18(9-6-15)32-23(24)25)12-20(19)31-14-17-13-28-11-3-2-4-21(28)26-17/h2-13,23H,14H2,1H3,(H,27,29). The average molecular weight is 455 g/mol. The van der Waals surface area contributed by atoms with Gasteiger partial charge in [-0.25, -0.2) is 4.98 Å². The van der Waals surface area contributed by atoms with Gasteiger partial charge in [0.1, 0.15) is 12.3 Å². The molecule has 0 atom stereocenters. The van der Waals surface area contributed by atoms with E-state index < -0.39 is 5.76 Å². The van der Waals surface area contributed by atoms with Crippen LogP contribution >= 0.6 is 11.8 Å². The smallest absolute Gasteiger partial charge is 0.288 e. The number of nitrogens with one attached hydrogen (secondary N) is 1. The lowest BCUT2D eigenvalue weighted by atomic mass is 10.2. The fourth-order valence-electron chi connectivity index (χ4n) is 3.07. The number of anilines is 1. The van der Waals surface area contributed by atoms with Crippen LogP contribution in [0, 0.1) is 0 Å². The first-order valence-corrected chi connectivity index (χ1v) is 10.5. The molecule has 0 unspecified atom stereocenters. The summed E-state index contributed by atoms with van der Waals surface area (Å²) in [6.45, 7) is 0.221. The van der Waals surface area contributed by atoms with Crippen LogP contribution in [-0.4, -0.2) is 28.2 Å². The van der Waals surface area contributed by atoms with E-state index >= 15 is 0 Å². The van der Waals surface area contributed by atoms with Gasteiger partial charge >= 0.3 is 0 Å². The molecule has 4 rings (SSSR count). The zero-order valence-corrected chi connectivity index (χ0v) is 17.8. The Morgan fingerprint density at radius 2 is 1.94 bits per heavy atom. The maximum absolute atomic E-state index is 12.5. The maximum Gasteiger partial charge on any atom is 0.288 e. The van der Waals surface area contributed by atoms with Gasteiger partial charge in [0, 0.05) is 34.6 Å². The molecule has 0 bridgehead atoms. The Bertz CT molecular complexity index is 1200. The van der Waals surface area contributed by atoms with Crippen LogP contribution in [0.1, 0.15) is 16.1 Å². The molecule has 0 aliphatic heterocycles. The van der Waals surface area contributed by atoms with E-state index in [1.165, 1.54) is 31.4 Å². The number of alkyl halides is 2. The Balaban J connectivity index is 1.45. The third-order valence-electron chi connectivity index (χ3n) is 4.55. The van der Waals surface area contributed by atoms with Crippen LogP contribution in [0.4, 0.5) is 14.5 Å². The van der Waals surface area contributed by atoms with E-state index in [9.17, 15) is 13.6 Å². The molecule has 0 spiro atoms. The van der Waals surface area contributed by atoms with Gasteiger partial charge in [-0.3, -0.25) is 4.79 Å². The SMILES string of the molecule is COc1ccc(NC(=O)c2ccc(SC(F)F)cc2)cc1OCc1cn2ccccc2n1. The Kier molecular flexibility index (Phi) is 6.55. The van der Waals surface area contributed by atoms with E-state index in [1.54, 1.807) is 18.2 Å². The molecule has 4 aromatic rings. The third-order valence-corrected chi connectivity index (χ3v) is 5.28. The number of aromatic nitrogens is 2. The second-order valence-electron chi connectivity index (χ2n) is 6.71. The van der Waals surface area contributed by atoms with Crippen molar-refractivity contribution < 1.29 is 23.0 Å². The van der Waals surface area contributed by atoms with Crippen molar-refractivity contribution in [1.29, 1.82) is 0 Å². The summed E-state index contributed by atoms with van der Waals surface area (Å²) in [5.74, 6) is -1.91. The number of amides is 1. The molecule has 1 N–H and O–H groups in total. The number of ether oxygens (including phenoxy) is 2. The number of pyridine rings is 1. The fourth-order valence-corrected chi connectivity index (χ4v) is 3.57. The second-order valence-corrected chi connectivity index (χ2v) is 7.77. The Hall–Kier alpha value is -3.59. The number of hydrogen-bond acceptors (Lipinski definition) is 5. The lowest BCUT2D eigenvalue weighted by molar-refractivity contribution is 0.102. The molecule has 0 saturated carbocycles. The molecule has 2 aromatic heterocycles. The van der Waals surface area contributed by atoms with E-state index in [1.807, 2.05) is 35.0 Å². The van der Waals surface area contributed by atoms with Gasteiger partial charge in [0.2, 0.25) is 0 Å². The van der Waals surface area contributed by atoms with E-state index in [0.717, 1.165) is 11.3 Å². The summed E-state index contributed by atoms with van der Waals surface area (Å²) in [6.07, 6.45) is 3.78. The van der Waals surface area contributed by atoms with Gasteiger partial charge in [0.05, 0.1) is 12.8 Å². The number of hydrogen-bond donors (Lipinski definition) is 1. The van der Waals surface area contributed by atoms with Crippen molar-refractivity contribution in [3.05, 3.63) is 84.3 Å². The highest BCUT2D eigenvalue weighted by Gasteiger charge is 2.12. The highest BCUT2D eigenvalue weighted by Crippen LogP contribution is 2.31. The molecule has 9 heteroatoms. The van der Waals surface area contributed by atoms with Crippen molar-refractivity contribution in [2.45, 2.75) is 17.3 Å². The van der Waals surface area contributed by atoms with E-state index in [2.05, 4.69) is 10.3 Å². The Morgan fingerprint density at radius 1 is 1.12 bits per heavy atom. The minimum absolute atomic E-state index is 0.221. The Labute approximate surface area is 187 Å². The normalized spacial score (nSPS) is 11.0. The van der Waals surface area contributed by atoms with Crippen LogP contribution in [0.15, 0.2) is 78.0 Å². The second kappa shape index (κ2) is 9.69. The van der Waals surface area contributed by atoms with Crippen LogP contribution in [0.5, 0.6) is 11.5 Å². The quantitative estimate of drug-likeness (QED) is 0.356. The van der Waals surface area contributed by atoms with Gasteiger partial charge in [0.15, 0.2) is 11.5 Å². The zero-order valence-electron chi connectivity index (χ0n) is 17.0. The minimum Gasteiger partial charge on any atom is -0.493 e.